The van der Waals surface area contributed by atoms with Gasteiger partial charge in [-0.15, -0.1) is 11.3 Å². The molecule has 8 heteroatoms. The molecular formula is C22H20N4O2S2. The number of carbonyl (C=O) groups is 2. The van der Waals surface area contributed by atoms with E-state index in [0.29, 0.717) is 22.9 Å². The zero-order valence-electron chi connectivity index (χ0n) is 16.5. The molecule has 1 unspecified atom stereocenters. The number of benzene rings is 2. The van der Waals surface area contributed by atoms with Crippen LogP contribution in [0.3, 0.4) is 0 Å². The molecule has 0 aliphatic carbocycles. The van der Waals surface area contributed by atoms with E-state index in [4.69, 9.17) is 0 Å². The van der Waals surface area contributed by atoms with E-state index in [1.165, 1.54) is 22.7 Å². The summed E-state index contributed by atoms with van der Waals surface area (Å²) in [7, 11) is 0. The molecule has 0 radical (unpaired) electrons. The summed E-state index contributed by atoms with van der Waals surface area (Å²) in [5.74, 6) is -0.535. The maximum atomic E-state index is 12.9. The quantitative estimate of drug-likeness (QED) is 0.421. The Balaban J connectivity index is 1.50. The molecule has 2 heterocycles. The molecule has 30 heavy (non-hydrogen) atoms. The average molecular weight is 437 g/mol. The lowest BCUT2D eigenvalue weighted by molar-refractivity contribution is -0.117. The Morgan fingerprint density at radius 1 is 1.13 bits per heavy atom. The van der Waals surface area contributed by atoms with Crippen LogP contribution < -0.4 is 10.6 Å². The highest BCUT2D eigenvalue weighted by Crippen LogP contribution is 2.30. The molecule has 2 aromatic heterocycles. The van der Waals surface area contributed by atoms with Crippen molar-refractivity contribution >= 4 is 55.5 Å². The molecule has 2 amide bonds. The topological polar surface area (TPSA) is 84.0 Å². The van der Waals surface area contributed by atoms with E-state index in [9.17, 15) is 9.59 Å². The standard InChI is InChI=1S/C22H20N4O2S2/c1-3-16(14-6-4-5-13(2)9-14)20(27)24-15-7-8-17-19(10-15)30-22(25-17)26-21(28)18-11-29-12-23-18/h4-12,16H,3H2,1-2H3,(H,24,27)(H,25,26,28). The van der Waals surface area contributed by atoms with E-state index in [2.05, 4.69) is 26.7 Å². The number of nitrogens with zero attached hydrogens (tertiary/aromatic N) is 2. The van der Waals surface area contributed by atoms with Gasteiger partial charge in [-0.2, -0.15) is 0 Å². The average Bonchev–Trinajstić information content (AvgIpc) is 3.38. The second kappa shape index (κ2) is 8.73. The first-order valence-electron chi connectivity index (χ1n) is 9.51. The van der Waals surface area contributed by atoms with Gasteiger partial charge in [-0.05, 0) is 37.1 Å². The molecule has 6 nitrogen and oxygen atoms in total. The Hall–Kier alpha value is -3.10. The van der Waals surface area contributed by atoms with Crippen LogP contribution in [0, 0.1) is 6.92 Å². The SMILES string of the molecule is CCC(C(=O)Nc1ccc2nc(NC(=O)c3cscn3)sc2c1)c1cccc(C)c1. The van der Waals surface area contributed by atoms with Gasteiger partial charge in [0.1, 0.15) is 5.69 Å². The van der Waals surface area contributed by atoms with E-state index in [1.54, 1.807) is 10.9 Å². The van der Waals surface area contributed by atoms with Crippen LogP contribution in [0.1, 0.15) is 40.9 Å². The maximum Gasteiger partial charge on any atom is 0.276 e. The highest BCUT2D eigenvalue weighted by molar-refractivity contribution is 7.22. The number of nitrogens with one attached hydrogen (secondary N) is 2. The lowest BCUT2D eigenvalue weighted by Crippen LogP contribution is -2.20. The van der Waals surface area contributed by atoms with Crippen LogP contribution in [0.5, 0.6) is 0 Å². The fourth-order valence-corrected chi connectivity index (χ4v) is 4.66. The number of hydrogen-bond acceptors (Lipinski definition) is 6. The Kier molecular flexibility index (Phi) is 5.87. The van der Waals surface area contributed by atoms with E-state index in [0.717, 1.165) is 21.3 Å². The number of hydrogen-bond donors (Lipinski definition) is 2. The molecule has 0 spiro atoms. The Bertz CT molecular complexity index is 1200. The Morgan fingerprint density at radius 3 is 2.73 bits per heavy atom. The van der Waals surface area contributed by atoms with Crippen molar-refractivity contribution in [2.45, 2.75) is 26.2 Å². The van der Waals surface area contributed by atoms with Crippen molar-refractivity contribution in [3.63, 3.8) is 0 Å². The number of anilines is 2. The summed E-state index contributed by atoms with van der Waals surface area (Å²) in [4.78, 5) is 33.5. The van der Waals surface area contributed by atoms with Crippen LogP contribution in [0.4, 0.5) is 10.8 Å². The van der Waals surface area contributed by atoms with Crippen LogP contribution in [-0.4, -0.2) is 21.8 Å². The summed E-state index contributed by atoms with van der Waals surface area (Å²) in [6.07, 6.45) is 0.713. The fourth-order valence-electron chi connectivity index (χ4n) is 3.23. The van der Waals surface area contributed by atoms with Crippen molar-refractivity contribution in [3.05, 3.63) is 70.2 Å². The summed E-state index contributed by atoms with van der Waals surface area (Å²) in [6, 6.07) is 13.6. The summed E-state index contributed by atoms with van der Waals surface area (Å²) in [5, 5.41) is 7.98. The van der Waals surface area contributed by atoms with Crippen LogP contribution in [0.25, 0.3) is 10.2 Å². The van der Waals surface area contributed by atoms with Crippen molar-refractivity contribution in [1.82, 2.24) is 9.97 Å². The largest absolute Gasteiger partial charge is 0.326 e. The van der Waals surface area contributed by atoms with Gasteiger partial charge in [0.25, 0.3) is 5.91 Å². The number of fused-ring (bicyclic) bond motifs is 1. The molecule has 0 aliphatic rings. The molecular weight excluding hydrogens is 416 g/mol. The minimum absolute atomic E-state index is 0.0379. The summed E-state index contributed by atoms with van der Waals surface area (Å²) < 4.78 is 0.880. The first-order valence-corrected chi connectivity index (χ1v) is 11.3. The van der Waals surface area contributed by atoms with E-state index in [1.807, 2.05) is 50.2 Å². The summed E-state index contributed by atoms with van der Waals surface area (Å²) in [5.41, 5.74) is 5.60. The number of carbonyl (C=O) groups excluding carboxylic acids is 2. The minimum atomic E-state index is -0.284. The smallest absolute Gasteiger partial charge is 0.276 e. The van der Waals surface area contributed by atoms with Gasteiger partial charge in [-0.3, -0.25) is 14.9 Å². The molecule has 2 N–H and O–H groups in total. The molecule has 4 rings (SSSR count). The highest BCUT2D eigenvalue weighted by Gasteiger charge is 2.19. The van der Waals surface area contributed by atoms with Crippen LogP contribution in [0.15, 0.2) is 53.4 Å². The summed E-state index contributed by atoms with van der Waals surface area (Å²) >= 11 is 2.72. The maximum absolute atomic E-state index is 12.9. The number of aryl methyl sites for hydroxylation is 1. The van der Waals surface area contributed by atoms with Crippen LogP contribution in [0.2, 0.25) is 0 Å². The first-order chi connectivity index (χ1) is 14.5. The molecule has 4 aromatic rings. The molecule has 2 aromatic carbocycles. The van der Waals surface area contributed by atoms with Crippen LogP contribution in [-0.2, 0) is 4.79 Å². The predicted molar refractivity (Wildman–Crippen MR) is 123 cm³/mol. The van der Waals surface area contributed by atoms with Gasteiger partial charge >= 0.3 is 0 Å². The predicted octanol–water partition coefficient (Wildman–Crippen LogP) is 5.45. The van der Waals surface area contributed by atoms with Gasteiger partial charge < -0.3 is 5.32 Å². The number of amides is 2. The highest BCUT2D eigenvalue weighted by atomic mass is 32.1. The van der Waals surface area contributed by atoms with Gasteiger partial charge in [-0.25, -0.2) is 9.97 Å². The monoisotopic (exact) mass is 436 g/mol. The molecule has 0 fully saturated rings. The lowest BCUT2D eigenvalue weighted by Gasteiger charge is -2.16. The minimum Gasteiger partial charge on any atom is -0.326 e. The molecule has 0 aliphatic heterocycles. The lowest BCUT2D eigenvalue weighted by atomic mass is 9.94. The molecule has 0 saturated carbocycles. The van der Waals surface area contributed by atoms with Gasteiger partial charge in [0.15, 0.2) is 5.13 Å². The first kappa shape index (κ1) is 20.2. The van der Waals surface area contributed by atoms with Gasteiger partial charge in [0, 0.05) is 11.1 Å². The van der Waals surface area contributed by atoms with Crippen molar-refractivity contribution in [1.29, 1.82) is 0 Å². The molecule has 152 valence electrons. The second-order valence-corrected chi connectivity index (χ2v) is 8.64. The van der Waals surface area contributed by atoms with Gasteiger partial charge in [0.2, 0.25) is 5.91 Å². The number of aromatic nitrogens is 2. The zero-order chi connectivity index (χ0) is 21.1. The normalized spacial score (nSPS) is 11.9. The number of thiazole rings is 2. The van der Waals surface area contributed by atoms with Gasteiger partial charge in [-0.1, -0.05) is 48.1 Å². The third-order valence-corrected chi connectivity index (χ3v) is 6.23. The Labute approximate surface area is 182 Å². The molecule has 0 bridgehead atoms. The van der Waals surface area contributed by atoms with Crippen molar-refractivity contribution in [2.75, 3.05) is 10.6 Å². The van der Waals surface area contributed by atoms with Crippen molar-refractivity contribution < 1.29 is 9.59 Å². The molecule has 0 saturated heterocycles. The van der Waals surface area contributed by atoms with Crippen LogP contribution >= 0.6 is 22.7 Å². The van der Waals surface area contributed by atoms with Crippen molar-refractivity contribution in [3.8, 4) is 0 Å². The fraction of sp³-hybridized carbons (Fsp3) is 0.182. The summed E-state index contributed by atoms with van der Waals surface area (Å²) in [6.45, 7) is 4.03. The third kappa shape index (κ3) is 4.39. The van der Waals surface area contributed by atoms with Gasteiger partial charge in [0.05, 0.1) is 21.6 Å². The molecule has 1 atom stereocenters. The Morgan fingerprint density at radius 2 is 2.00 bits per heavy atom. The number of rotatable bonds is 6. The zero-order valence-corrected chi connectivity index (χ0v) is 18.1. The van der Waals surface area contributed by atoms with E-state index >= 15 is 0 Å². The third-order valence-electron chi connectivity index (χ3n) is 4.71. The van der Waals surface area contributed by atoms with E-state index < -0.39 is 0 Å². The second-order valence-electron chi connectivity index (χ2n) is 6.89. The van der Waals surface area contributed by atoms with E-state index in [-0.39, 0.29) is 17.7 Å². The van der Waals surface area contributed by atoms with Crippen molar-refractivity contribution in [2.24, 2.45) is 0 Å².